The summed E-state index contributed by atoms with van der Waals surface area (Å²) in [4.78, 5) is 0. The molecule has 1 aliphatic carbocycles. The summed E-state index contributed by atoms with van der Waals surface area (Å²) in [6.45, 7) is 4.58. The second kappa shape index (κ2) is 10.7. The van der Waals surface area contributed by atoms with Crippen LogP contribution in [0, 0.1) is 17.7 Å². The van der Waals surface area contributed by atoms with Crippen LogP contribution in [-0.4, -0.2) is 0 Å². The summed E-state index contributed by atoms with van der Waals surface area (Å²) in [6, 6.07) is 10.7. The molecule has 0 bridgehead atoms. The van der Waals surface area contributed by atoms with Gasteiger partial charge in [-0.3, -0.25) is 0 Å². The highest BCUT2D eigenvalue weighted by atomic mass is 19.4. The molecule has 3 rings (SSSR count). The van der Waals surface area contributed by atoms with Crippen molar-refractivity contribution in [2.45, 2.75) is 83.7 Å². The summed E-state index contributed by atoms with van der Waals surface area (Å²) in [7, 11) is 0. The third-order valence-electron chi connectivity index (χ3n) is 7.12. The van der Waals surface area contributed by atoms with E-state index in [1.807, 2.05) is 6.07 Å². The van der Waals surface area contributed by atoms with Crippen molar-refractivity contribution in [1.82, 2.24) is 0 Å². The lowest BCUT2D eigenvalue weighted by Gasteiger charge is -2.29. The van der Waals surface area contributed by atoms with Crippen molar-refractivity contribution in [3.05, 3.63) is 70.5 Å². The van der Waals surface area contributed by atoms with Crippen molar-refractivity contribution >= 4 is 0 Å². The smallest absolute Gasteiger partial charge is 0.207 e. The number of aryl methyl sites for hydroxylation is 2. The minimum atomic E-state index is -4.33. The number of hydrogen-bond donors (Lipinski definition) is 0. The zero-order valence-corrected chi connectivity index (χ0v) is 18.6. The maximum atomic E-state index is 14.7. The van der Waals surface area contributed by atoms with E-state index in [1.54, 1.807) is 6.07 Å². The average molecular weight is 435 g/mol. The van der Waals surface area contributed by atoms with Crippen molar-refractivity contribution in [3.8, 4) is 0 Å². The molecule has 2 aromatic rings. The van der Waals surface area contributed by atoms with Crippen LogP contribution in [0.25, 0.3) is 0 Å². The highest BCUT2D eigenvalue weighted by molar-refractivity contribution is 5.30. The molecule has 0 N–H and O–H groups in total. The van der Waals surface area contributed by atoms with E-state index in [1.165, 1.54) is 44.2 Å². The Morgan fingerprint density at radius 3 is 2.19 bits per heavy atom. The van der Waals surface area contributed by atoms with Crippen LogP contribution in [0.2, 0.25) is 0 Å². The first kappa shape index (κ1) is 23.8. The summed E-state index contributed by atoms with van der Waals surface area (Å²) in [5.74, 6) is 1.88. The molecule has 2 aromatic carbocycles. The van der Waals surface area contributed by atoms with Crippen LogP contribution in [0.3, 0.4) is 0 Å². The van der Waals surface area contributed by atoms with Crippen LogP contribution in [0.1, 0.15) is 87.0 Å². The first-order valence-electron chi connectivity index (χ1n) is 11.7. The Balaban J connectivity index is 1.51. The van der Waals surface area contributed by atoms with E-state index >= 15 is 0 Å². The van der Waals surface area contributed by atoms with E-state index in [0.29, 0.717) is 24.3 Å². The molecule has 1 unspecified atom stereocenters. The van der Waals surface area contributed by atoms with Crippen molar-refractivity contribution in [2.75, 3.05) is 0 Å². The molecule has 1 saturated carbocycles. The van der Waals surface area contributed by atoms with Crippen LogP contribution >= 0.6 is 0 Å². The molecule has 0 nitrogen and oxygen atoms in total. The first-order valence-corrected chi connectivity index (χ1v) is 11.7. The number of hydrogen-bond acceptors (Lipinski definition) is 0. The Kier molecular flexibility index (Phi) is 8.18. The topological polar surface area (TPSA) is 0 Å². The quantitative estimate of drug-likeness (QED) is 0.364. The predicted octanol–water partition coefficient (Wildman–Crippen LogP) is 8.73. The summed E-state index contributed by atoms with van der Waals surface area (Å²) in [6.07, 6.45) is 5.30. The molecule has 4 heteroatoms. The SMILES string of the molecule is CCC(C)CCC1CCC(c2ccc(CCc3ccc(C(F)(F)F)cc3)c(F)c2)CC1. The minimum absolute atomic E-state index is 0.191. The normalized spacial score (nSPS) is 20.6. The Morgan fingerprint density at radius 2 is 1.61 bits per heavy atom. The molecule has 0 heterocycles. The van der Waals surface area contributed by atoms with Crippen LogP contribution in [0.4, 0.5) is 17.6 Å². The van der Waals surface area contributed by atoms with E-state index in [2.05, 4.69) is 19.9 Å². The molecule has 170 valence electrons. The molecular formula is C27H34F4. The standard InChI is InChI=1S/C27H34F4/c1-3-19(2)4-5-20-6-11-22(12-7-20)24-15-14-23(26(28)18-24)13-8-21-9-16-25(17-10-21)27(29,30)31/h9-10,14-20,22H,3-8,11-13H2,1-2H3. The number of benzene rings is 2. The third-order valence-corrected chi connectivity index (χ3v) is 7.12. The molecular weight excluding hydrogens is 400 g/mol. The maximum Gasteiger partial charge on any atom is 0.416 e. The van der Waals surface area contributed by atoms with E-state index in [-0.39, 0.29) is 5.82 Å². The predicted molar refractivity (Wildman–Crippen MR) is 119 cm³/mol. The van der Waals surface area contributed by atoms with Gasteiger partial charge in [-0.05, 0) is 91.2 Å². The zero-order valence-electron chi connectivity index (χ0n) is 18.6. The highest BCUT2D eigenvalue weighted by Crippen LogP contribution is 2.38. The second-order valence-electron chi connectivity index (χ2n) is 9.35. The molecule has 0 radical (unpaired) electrons. The Morgan fingerprint density at radius 1 is 0.935 bits per heavy atom. The van der Waals surface area contributed by atoms with Gasteiger partial charge in [0.2, 0.25) is 0 Å². The van der Waals surface area contributed by atoms with E-state index in [9.17, 15) is 17.6 Å². The van der Waals surface area contributed by atoms with Gasteiger partial charge in [-0.1, -0.05) is 57.4 Å². The van der Waals surface area contributed by atoms with Crippen LogP contribution in [0.15, 0.2) is 42.5 Å². The van der Waals surface area contributed by atoms with Crippen molar-refractivity contribution in [2.24, 2.45) is 11.8 Å². The lowest BCUT2D eigenvalue weighted by molar-refractivity contribution is -0.137. The molecule has 0 spiro atoms. The van der Waals surface area contributed by atoms with E-state index in [0.717, 1.165) is 47.9 Å². The van der Waals surface area contributed by atoms with Gasteiger partial charge >= 0.3 is 6.18 Å². The van der Waals surface area contributed by atoms with Gasteiger partial charge in [0, 0.05) is 0 Å². The molecule has 1 atom stereocenters. The van der Waals surface area contributed by atoms with Gasteiger partial charge in [0.05, 0.1) is 5.56 Å². The van der Waals surface area contributed by atoms with Crippen molar-refractivity contribution in [3.63, 3.8) is 0 Å². The van der Waals surface area contributed by atoms with Gasteiger partial charge < -0.3 is 0 Å². The summed E-state index contributed by atoms with van der Waals surface area (Å²) >= 11 is 0. The molecule has 0 saturated heterocycles. The van der Waals surface area contributed by atoms with Gasteiger partial charge in [-0.2, -0.15) is 13.2 Å². The van der Waals surface area contributed by atoms with Gasteiger partial charge in [0.15, 0.2) is 0 Å². The average Bonchev–Trinajstić information content (AvgIpc) is 2.76. The summed E-state index contributed by atoms with van der Waals surface area (Å²) in [5.41, 5.74) is 1.86. The molecule has 0 amide bonds. The van der Waals surface area contributed by atoms with Gasteiger partial charge in [0.1, 0.15) is 5.82 Å². The number of rotatable bonds is 8. The number of halogens is 4. The van der Waals surface area contributed by atoms with Crippen LogP contribution in [-0.2, 0) is 19.0 Å². The van der Waals surface area contributed by atoms with Gasteiger partial charge in [-0.25, -0.2) is 4.39 Å². The molecule has 1 fully saturated rings. The lowest BCUT2D eigenvalue weighted by atomic mass is 9.76. The molecule has 0 aromatic heterocycles. The monoisotopic (exact) mass is 434 g/mol. The highest BCUT2D eigenvalue weighted by Gasteiger charge is 2.30. The largest absolute Gasteiger partial charge is 0.416 e. The van der Waals surface area contributed by atoms with Crippen LogP contribution in [0.5, 0.6) is 0 Å². The third kappa shape index (κ3) is 6.82. The zero-order chi connectivity index (χ0) is 22.4. The first-order chi connectivity index (χ1) is 14.8. The van der Waals surface area contributed by atoms with Crippen LogP contribution < -0.4 is 0 Å². The van der Waals surface area contributed by atoms with Crippen molar-refractivity contribution < 1.29 is 17.6 Å². The van der Waals surface area contributed by atoms with Gasteiger partial charge in [0.25, 0.3) is 0 Å². The fourth-order valence-corrected chi connectivity index (χ4v) is 4.67. The number of alkyl halides is 3. The van der Waals surface area contributed by atoms with E-state index in [4.69, 9.17) is 0 Å². The molecule has 31 heavy (non-hydrogen) atoms. The Hall–Kier alpha value is -1.84. The Bertz CT molecular complexity index is 814. The van der Waals surface area contributed by atoms with Gasteiger partial charge in [-0.15, -0.1) is 0 Å². The maximum absolute atomic E-state index is 14.7. The fraction of sp³-hybridized carbons (Fsp3) is 0.556. The summed E-state index contributed by atoms with van der Waals surface area (Å²) in [5, 5.41) is 0. The fourth-order valence-electron chi connectivity index (χ4n) is 4.67. The summed E-state index contributed by atoms with van der Waals surface area (Å²) < 4.78 is 52.7. The lowest BCUT2D eigenvalue weighted by Crippen LogP contribution is -2.14. The molecule has 0 aliphatic heterocycles. The Labute approximate surface area is 184 Å². The minimum Gasteiger partial charge on any atom is -0.207 e. The van der Waals surface area contributed by atoms with E-state index < -0.39 is 11.7 Å². The molecule has 1 aliphatic rings. The van der Waals surface area contributed by atoms with Crippen molar-refractivity contribution in [1.29, 1.82) is 0 Å². The second-order valence-corrected chi connectivity index (χ2v) is 9.35.